The summed E-state index contributed by atoms with van der Waals surface area (Å²) in [7, 11) is -3.58. The molecule has 6 nitrogen and oxygen atoms in total. The molecule has 0 spiro atoms. The normalized spacial score (nSPS) is 19.4. The summed E-state index contributed by atoms with van der Waals surface area (Å²) >= 11 is 0. The lowest BCUT2D eigenvalue weighted by Crippen LogP contribution is -2.49. The number of nitrogens with two attached hydrogens (primary N) is 1. The predicted octanol–water partition coefficient (Wildman–Crippen LogP) is 1.54. The van der Waals surface area contributed by atoms with Crippen molar-refractivity contribution in [1.29, 1.82) is 0 Å². The number of aryl methyl sites for hydroxylation is 2. The molecule has 0 aromatic carbocycles. The highest BCUT2D eigenvalue weighted by atomic mass is 32.2. The van der Waals surface area contributed by atoms with Crippen LogP contribution in [0, 0.1) is 6.92 Å². The zero-order valence-electron chi connectivity index (χ0n) is 12.9. The third-order valence-electron chi connectivity index (χ3n) is 4.28. The summed E-state index contributed by atoms with van der Waals surface area (Å²) in [6.07, 6.45) is 7.84. The predicted molar refractivity (Wildman–Crippen MR) is 82.4 cm³/mol. The molecule has 0 aliphatic heterocycles. The van der Waals surface area contributed by atoms with Crippen molar-refractivity contribution in [2.45, 2.75) is 69.5 Å². The van der Waals surface area contributed by atoms with E-state index >= 15 is 0 Å². The molecule has 7 heteroatoms. The van der Waals surface area contributed by atoms with Crippen LogP contribution in [0.15, 0.2) is 11.2 Å². The Kier molecular flexibility index (Phi) is 5.06. The van der Waals surface area contributed by atoms with E-state index in [-0.39, 0.29) is 11.6 Å². The third-order valence-corrected chi connectivity index (χ3v) is 5.56. The third kappa shape index (κ3) is 4.05. The summed E-state index contributed by atoms with van der Waals surface area (Å²) in [4.78, 5) is 4.13. The zero-order chi connectivity index (χ0) is 15.5. The number of rotatable bonds is 5. The summed E-state index contributed by atoms with van der Waals surface area (Å²) in [5.74, 6) is 0.704. The molecule has 0 amide bonds. The van der Waals surface area contributed by atoms with Crippen molar-refractivity contribution in [3.05, 3.63) is 12.0 Å². The van der Waals surface area contributed by atoms with Crippen LogP contribution in [0.25, 0.3) is 0 Å². The van der Waals surface area contributed by atoms with Gasteiger partial charge in [-0.15, -0.1) is 0 Å². The van der Waals surface area contributed by atoms with Gasteiger partial charge in [0.2, 0.25) is 0 Å². The quantitative estimate of drug-likeness (QED) is 0.807. The van der Waals surface area contributed by atoms with E-state index in [0.29, 0.717) is 12.4 Å². The molecular formula is C14H26N4O2S. The van der Waals surface area contributed by atoms with E-state index < -0.39 is 15.6 Å². The Bertz CT molecular complexity index is 572. The van der Waals surface area contributed by atoms with Gasteiger partial charge in [0.25, 0.3) is 10.0 Å². The summed E-state index contributed by atoms with van der Waals surface area (Å²) in [6, 6.07) is 0. The first-order valence-electron chi connectivity index (χ1n) is 7.69. The number of imidazole rings is 1. The van der Waals surface area contributed by atoms with Crippen molar-refractivity contribution in [2.75, 3.05) is 6.54 Å². The van der Waals surface area contributed by atoms with Crippen LogP contribution >= 0.6 is 0 Å². The number of hydrogen-bond acceptors (Lipinski definition) is 4. The average Bonchev–Trinajstić information content (AvgIpc) is 2.69. The molecule has 1 aromatic rings. The van der Waals surface area contributed by atoms with Gasteiger partial charge in [0.15, 0.2) is 5.03 Å². The van der Waals surface area contributed by atoms with Gasteiger partial charge in [-0.3, -0.25) is 0 Å². The molecule has 0 radical (unpaired) electrons. The Morgan fingerprint density at radius 1 is 1.33 bits per heavy atom. The van der Waals surface area contributed by atoms with Crippen LogP contribution in [-0.4, -0.2) is 30.1 Å². The maximum Gasteiger partial charge on any atom is 0.259 e. The molecule has 120 valence electrons. The molecule has 1 fully saturated rings. The second-order valence-corrected chi connectivity index (χ2v) is 7.73. The minimum absolute atomic E-state index is 0.0825. The van der Waals surface area contributed by atoms with Crippen molar-refractivity contribution >= 4 is 10.0 Å². The number of aromatic nitrogens is 2. The van der Waals surface area contributed by atoms with Crippen molar-refractivity contribution in [3.8, 4) is 0 Å². The van der Waals surface area contributed by atoms with Gasteiger partial charge in [-0.1, -0.05) is 25.7 Å². The Balaban J connectivity index is 2.06. The monoisotopic (exact) mass is 314 g/mol. The lowest BCUT2D eigenvalue weighted by Gasteiger charge is -2.27. The highest BCUT2D eigenvalue weighted by Crippen LogP contribution is 2.24. The average molecular weight is 314 g/mol. The van der Waals surface area contributed by atoms with E-state index in [0.717, 1.165) is 25.7 Å². The Morgan fingerprint density at radius 2 is 1.95 bits per heavy atom. The topological polar surface area (TPSA) is 90.0 Å². The van der Waals surface area contributed by atoms with Crippen LogP contribution in [-0.2, 0) is 16.6 Å². The van der Waals surface area contributed by atoms with Crippen LogP contribution in [0.3, 0.4) is 0 Å². The highest BCUT2D eigenvalue weighted by Gasteiger charge is 2.29. The number of sulfonamides is 1. The fraction of sp³-hybridized carbons (Fsp3) is 0.786. The van der Waals surface area contributed by atoms with Crippen LogP contribution in [0.4, 0.5) is 0 Å². The minimum Gasteiger partial charge on any atom is -0.334 e. The molecule has 21 heavy (non-hydrogen) atoms. The molecule has 0 saturated heterocycles. The molecule has 3 N–H and O–H groups in total. The second kappa shape index (κ2) is 6.46. The Morgan fingerprint density at radius 3 is 2.48 bits per heavy atom. The first kappa shape index (κ1) is 16.5. The fourth-order valence-corrected chi connectivity index (χ4v) is 3.99. The minimum atomic E-state index is -3.58. The molecular weight excluding hydrogens is 288 g/mol. The molecule has 2 rings (SSSR count). The number of hydrogen-bond donors (Lipinski definition) is 2. The van der Waals surface area contributed by atoms with E-state index in [1.165, 1.54) is 12.8 Å². The largest absolute Gasteiger partial charge is 0.334 e. The summed E-state index contributed by atoms with van der Waals surface area (Å²) in [5.41, 5.74) is 5.93. The molecule has 1 aliphatic carbocycles. The lowest BCUT2D eigenvalue weighted by molar-refractivity contribution is 0.369. The van der Waals surface area contributed by atoms with E-state index in [1.54, 1.807) is 13.1 Å². The Hall–Kier alpha value is -0.920. The van der Waals surface area contributed by atoms with Crippen LogP contribution in [0.1, 0.15) is 51.3 Å². The van der Waals surface area contributed by atoms with Crippen LogP contribution in [0.5, 0.6) is 0 Å². The second-order valence-electron chi connectivity index (χ2n) is 6.01. The lowest BCUT2D eigenvalue weighted by atomic mass is 9.92. The highest BCUT2D eigenvalue weighted by molar-refractivity contribution is 7.89. The zero-order valence-corrected chi connectivity index (χ0v) is 13.7. The Labute approximate surface area is 127 Å². The summed E-state index contributed by atoms with van der Waals surface area (Å²) < 4.78 is 29.2. The SMILES string of the molecule is CCn1cc(S(=O)(=O)NCC2(N)CCCCCC2)nc1C. The molecule has 1 saturated carbocycles. The van der Waals surface area contributed by atoms with Crippen molar-refractivity contribution in [3.63, 3.8) is 0 Å². The fourth-order valence-electron chi connectivity index (χ4n) is 2.85. The van der Waals surface area contributed by atoms with Gasteiger partial charge in [-0.25, -0.2) is 18.1 Å². The molecule has 0 atom stereocenters. The van der Waals surface area contributed by atoms with Crippen LogP contribution in [0.2, 0.25) is 0 Å². The van der Waals surface area contributed by atoms with Gasteiger partial charge >= 0.3 is 0 Å². The van der Waals surface area contributed by atoms with Gasteiger partial charge in [-0.2, -0.15) is 0 Å². The first-order valence-corrected chi connectivity index (χ1v) is 9.17. The molecule has 0 unspecified atom stereocenters. The smallest absolute Gasteiger partial charge is 0.259 e. The van der Waals surface area contributed by atoms with Gasteiger partial charge in [0.1, 0.15) is 5.82 Å². The molecule has 1 aromatic heterocycles. The summed E-state index contributed by atoms with van der Waals surface area (Å²) in [6.45, 7) is 4.75. The van der Waals surface area contributed by atoms with Gasteiger partial charge in [0, 0.05) is 24.8 Å². The summed E-state index contributed by atoms with van der Waals surface area (Å²) in [5, 5.41) is 0.0825. The van der Waals surface area contributed by atoms with E-state index in [1.807, 2.05) is 11.5 Å². The molecule has 0 bridgehead atoms. The maximum atomic E-state index is 12.3. The van der Waals surface area contributed by atoms with Crippen LogP contribution < -0.4 is 10.5 Å². The van der Waals surface area contributed by atoms with Crippen molar-refractivity contribution < 1.29 is 8.42 Å². The van der Waals surface area contributed by atoms with E-state index in [2.05, 4.69) is 9.71 Å². The number of nitrogens with one attached hydrogen (secondary N) is 1. The van der Waals surface area contributed by atoms with Crippen molar-refractivity contribution in [2.24, 2.45) is 5.73 Å². The van der Waals surface area contributed by atoms with Crippen molar-refractivity contribution in [1.82, 2.24) is 14.3 Å². The maximum absolute atomic E-state index is 12.3. The van der Waals surface area contributed by atoms with Gasteiger partial charge in [-0.05, 0) is 26.7 Å². The molecule has 1 heterocycles. The van der Waals surface area contributed by atoms with E-state index in [4.69, 9.17) is 5.73 Å². The standard InChI is InChI=1S/C14H26N4O2S/c1-3-18-10-13(17-12(18)2)21(19,20)16-11-14(15)8-6-4-5-7-9-14/h10,16H,3-9,11,15H2,1-2H3. The van der Waals surface area contributed by atoms with E-state index in [9.17, 15) is 8.42 Å². The van der Waals surface area contributed by atoms with Gasteiger partial charge in [0.05, 0.1) is 0 Å². The molecule has 1 aliphatic rings. The first-order chi connectivity index (χ1) is 9.86. The number of nitrogens with zero attached hydrogens (tertiary/aromatic N) is 2. The van der Waals surface area contributed by atoms with Gasteiger partial charge < -0.3 is 10.3 Å².